The van der Waals surface area contributed by atoms with Crippen LogP contribution in [-0.2, 0) is 19.4 Å². The van der Waals surface area contributed by atoms with Crippen LogP contribution in [0, 0.1) is 41.4 Å². The summed E-state index contributed by atoms with van der Waals surface area (Å²) in [6, 6.07) is 4.95. The Morgan fingerprint density at radius 2 is 1.78 bits per heavy atom. The monoisotopic (exact) mass is 477 g/mol. The summed E-state index contributed by atoms with van der Waals surface area (Å²) in [5.74, 6) is 1.79. The number of carbonyl (C=O) groups excluding carboxylic acids is 2. The predicted octanol–water partition coefficient (Wildman–Crippen LogP) is 4.48. The number of benzene rings is 1. The van der Waals surface area contributed by atoms with Crippen LogP contribution in [0.2, 0.25) is 5.02 Å². The molecule has 6 rings (SSSR count). The SMILES string of the molecule is Cc1c(Cl)cccc1S(=O)(=O)CCC1(C(=O)CC2C3CC4CC2CC(C(N)=O)(C4)C3)CC1. The zero-order chi connectivity index (χ0) is 22.9. The smallest absolute Gasteiger partial charge is 0.223 e. The van der Waals surface area contributed by atoms with Gasteiger partial charge in [0.1, 0.15) is 5.78 Å². The first-order valence-electron chi connectivity index (χ1n) is 11.9. The van der Waals surface area contributed by atoms with E-state index in [1.54, 1.807) is 25.1 Å². The molecular weight excluding hydrogens is 446 g/mol. The Bertz CT molecular complexity index is 1060. The molecule has 0 spiro atoms. The van der Waals surface area contributed by atoms with Gasteiger partial charge in [-0.15, -0.1) is 0 Å². The maximum Gasteiger partial charge on any atom is 0.223 e. The molecule has 0 heterocycles. The third-order valence-electron chi connectivity index (χ3n) is 9.26. The van der Waals surface area contributed by atoms with Gasteiger partial charge in [-0.25, -0.2) is 8.42 Å². The third kappa shape index (κ3) is 3.62. The fourth-order valence-corrected chi connectivity index (χ4v) is 9.35. The number of Topliss-reactive ketones (excluding diaryl/α,β-unsaturated/α-hetero) is 1. The van der Waals surface area contributed by atoms with Crippen molar-refractivity contribution in [2.45, 2.75) is 69.6 Å². The molecule has 5 aliphatic carbocycles. The van der Waals surface area contributed by atoms with Crippen LogP contribution in [0.1, 0.15) is 63.4 Å². The molecule has 5 nitrogen and oxygen atoms in total. The zero-order valence-corrected chi connectivity index (χ0v) is 20.2. The first kappa shape index (κ1) is 22.4. The van der Waals surface area contributed by atoms with Crippen molar-refractivity contribution in [3.8, 4) is 0 Å². The summed E-state index contributed by atoms with van der Waals surface area (Å²) < 4.78 is 26.0. The maximum absolute atomic E-state index is 13.4. The van der Waals surface area contributed by atoms with E-state index in [4.69, 9.17) is 17.3 Å². The van der Waals surface area contributed by atoms with Gasteiger partial charge in [-0.2, -0.15) is 0 Å². The van der Waals surface area contributed by atoms with Gasteiger partial charge in [0.25, 0.3) is 0 Å². The first-order chi connectivity index (χ1) is 15.1. The van der Waals surface area contributed by atoms with E-state index < -0.39 is 15.3 Å². The van der Waals surface area contributed by atoms with Crippen molar-refractivity contribution in [3.63, 3.8) is 0 Å². The molecule has 0 saturated heterocycles. The predicted molar refractivity (Wildman–Crippen MR) is 123 cm³/mol. The quantitative estimate of drug-likeness (QED) is 0.597. The van der Waals surface area contributed by atoms with Crippen LogP contribution in [0.3, 0.4) is 0 Å². The Hall–Kier alpha value is -1.40. The van der Waals surface area contributed by atoms with Gasteiger partial charge in [-0.05, 0) is 99.7 Å². The molecule has 5 aliphatic rings. The number of sulfone groups is 1. The second-order valence-electron chi connectivity index (χ2n) is 11.1. The van der Waals surface area contributed by atoms with Crippen LogP contribution in [0.4, 0.5) is 0 Å². The number of hydrogen-bond donors (Lipinski definition) is 1. The van der Waals surface area contributed by atoms with Crippen molar-refractivity contribution in [1.29, 1.82) is 0 Å². The van der Waals surface area contributed by atoms with E-state index in [0.717, 1.165) is 44.9 Å². The molecule has 32 heavy (non-hydrogen) atoms. The van der Waals surface area contributed by atoms with Crippen molar-refractivity contribution < 1.29 is 18.0 Å². The summed E-state index contributed by atoms with van der Waals surface area (Å²) in [4.78, 5) is 25.9. The van der Waals surface area contributed by atoms with Gasteiger partial charge in [-0.3, -0.25) is 9.59 Å². The van der Waals surface area contributed by atoms with Crippen molar-refractivity contribution in [1.82, 2.24) is 0 Å². The lowest BCUT2D eigenvalue weighted by molar-refractivity contribution is -0.152. The molecule has 4 bridgehead atoms. The molecule has 0 aromatic heterocycles. The Morgan fingerprint density at radius 1 is 1.12 bits per heavy atom. The number of primary amides is 1. The average Bonchev–Trinajstić information content (AvgIpc) is 3.52. The zero-order valence-electron chi connectivity index (χ0n) is 18.6. The molecule has 1 aromatic rings. The van der Waals surface area contributed by atoms with Crippen molar-refractivity contribution in [2.24, 2.45) is 40.2 Å². The summed E-state index contributed by atoms with van der Waals surface area (Å²) in [6.07, 6.45) is 7.31. The van der Waals surface area contributed by atoms with E-state index in [1.165, 1.54) is 0 Å². The first-order valence-corrected chi connectivity index (χ1v) is 13.9. The third-order valence-corrected chi connectivity index (χ3v) is 11.5. The molecule has 2 atom stereocenters. The Morgan fingerprint density at radius 3 is 2.38 bits per heavy atom. The fourth-order valence-electron chi connectivity index (χ4n) is 7.38. The molecule has 2 N–H and O–H groups in total. The standard InChI is InChI=1S/C25H32ClNO4S/c1-15-20(26)3-2-4-21(15)32(30,31)8-7-24(5-6-24)22(28)11-19-17-9-16-10-18(19)14-25(12-16,13-17)23(27)29/h2-4,16-19H,5-14H2,1H3,(H2,27,29). The summed E-state index contributed by atoms with van der Waals surface area (Å²) in [5.41, 5.74) is 5.55. The lowest BCUT2D eigenvalue weighted by Crippen LogP contribution is -2.56. The van der Waals surface area contributed by atoms with E-state index in [0.29, 0.717) is 47.1 Å². The van der Waals surface area contributed by atoms with Crippen LogP contribution in [0.5, 0.6) is 0 Å². The molecule has 7 heteroatoms. The highest BCUT2D eigenvalue weighted by atomic mass is 35.5. The Kier molecular flexibility index (Phi) is 5.29. The highest BCUT2D eigenvalue weighted by molar-refractivity contribution is 7.91. The topological polar surface area (TPSA) is 94.3 Å². The minimum Gasteiger partial charge on any atom is -0.369 e. The van der Waals surface area contributed by atoms with Gasteiger partial charge in [0.05, 0.1) is 10.6 Å². The second-order valence-corrected chi connectivity index (χ2v) is 13.6. The summed E-state index contributed by atoms with van der Waals surface area (Å²) >= 11 is 6.12. The molecule has 5 saturated carbocycles. The van der Waals surface area contributed by atoms with Crippen LogP contribution < -0.4 is 5.73 Å². The van der Waals surface area contributed by atoms with Crippen LogP contribution in [-0.4, -0.2) is 25.9 Å². The molecule has 174 valence electrons. The van der Waals surface area contributed by atoms with Gasteiger partial charge >= 0.3 is 0 Å². The largest absolute Gasteiger partial charge is 0.369 e. The number of rotatable bonds is 8. The second kappa shape index (κ2) is 7.56. The van der Waals surface area contributed by atoms with Crippen molar-refractivity contribution >= 4 is 33.1 Å². The van der Waals surface area contributed by atoms with E-state index in [2.05, 4.69) is 0 Å². The molecule has 1 amide bonds. The van der Waals surface area contributed by atoms with E-state index in [1.807, 2.05) is 0 Å². The summed E-state index contributed by atoms with van der Waals surface area (Å²) in [7, 11) is -3.50. The Balaban J connectivity index is 1.26. The normalized spacial score (nSPS) is 34.4. The number of carbonyl (C=O) groups is 2. The average molecular weight is 478 g/mol. The number of halogens is 1. The fraction of sp³-hybridized carbons (Fsp3) is 0.680. The van der Waals surface area contributed by atoms with Crippen LogP contribution >= 0.6 is 11.6 Å². The minimum absolute atomic E-state index is 0.0235. The molecular formula is C25H32ClNO4S. The number of nitrogens with two attached hydrogens (primary N) is 1. The highest BCUT2D eigenvalue weighted by Crippen LogP contribution is 2.63. The molecule has 5 fully saturated rings. The van der Waals surface area contributed by atoms with Gasteiger partial charge < -0.3 is 5.73 Å². The van der Waals surface area contributed by atoms with Gasteiger partial charge in [-0.1, -0.05) is 17.7 Å². The lowest BCUT2D eigenvalue weighted by Gasteiger charge is -2.59. The summed E-state index contributed by atoms with van der Waals surface area (Å²) in [6.45, 7) is 1.72. The Labute approximate surface area is 195 Å². The molecule has 0 aliphatic heterocycles. The van der Waals surface area contributed by atoms with Crippen molar-refractivity contribution in [2.75, 3.05) is 5.75 Å². The van der Waals surface area contributed by atoms with E-state index in [9.17, 15) is 18.0 Å². The number of ketones is 1. The summed E-state index contributed by atoms with van der Waals surface area (Å²) in [5, 5.41) is 0.443. The van der Waals surface area contributed by atoms with Crippen LogP contribution in [0.15, 0.2) is 23.1 Å². The molecule has 0 radical (unpaired) electrons. The van der Waals surface area contributed by atoms with Gasteiger partial charge in [0.2, 0.25) is 5.91 Å². The lowest BCUT2D eigenvalue weighted by atomic mass is 9.45. The minimum atomic E-state index is -3.50. The van der Waals surface area contributed by atoms with Gasteiger partial charge in [0.15, 0.2) is 9.84 Å². The van der Waals surface area contributed by atoms with Crippen LogP contribution in [0.25, 0.3) is 0 Å². The van der Waals surface area contributed by atoms with Crippen molar-refractivity contribution in [3.05, 3.63) is 28.8 Å². The molecule has 2 unspecified atom stereocenters. The number of amides is 1. The highest BCUT2D eigenvalue weighted by Gasteiger charge is 2.59. The van der Waals surface area contributed by atoms with E-state index in [-0.39, 0.29) is 27.8 Å². The number of hydrogen-bond acceptors (Lipinski definition) is 4. The molecule has 1 aromatic carbocycles. The van der Waals surface area contributed by atoms with E-state index >= 15 is 0 Å². The maximum atomic E-state index is 13.4. The van der Waals surface area contributed by atoms with Gasteiger partial charge in [0, 0.05) is 22.3 Å².